The fraction of sp³-hybridized carbons (Fsp3) is 0.667. The van der Waals surface area contributed by atoms with E-state index in [9.17, 15) is 14.4 Å². The molecule has 0 aromatic rings. The maximum absolute atomic E-state index is 11.1. The van der Waals surface area contributed by atoms with Crippen LogP contribution < -0.4 is 5.32 Å². The van der Waals surface area contributed by atoms with Crippen molar-refractivity contribution >= 4 is 18.2 Å². The normalized spacial score (nSPS) is 12.9. The van der Waals surface area contributed by atoms with Gasteiger partial charge in [-0.1, -0.05) is 0 Å². The van der Waals surface area contributed by atoms with Crippen molar-refractivity contribution in [2.45, 2.75) is 39.3 Å². The second kappa shape index (κ2) is 4.74. The second-order valence-electron chi connectivity index (χ2n) is 3.89. The van der Waals surface area contributed by atoms with Crippen LogP contribution in [-0.4, -0.2) is 29.8 Å². The molecule has 0 aromatic carbocycles. The van der Waals surface area contributed by atoms with Crippen LogP contribution in [0.15, 0.2) is 0 Å². The van der Waals surface area contributed by atoms with E-state index in [0.29, 0.717) is 0 Å². The second-order valence-corrected chi connectivity index (χ2v) is 3.89. The minimum atomic E-state index is -0.845. The molecule has 0 saturated carbocycles. The zero-order chi connectivity index (χ0) is 11.4. The maximum atomic E-state index is 11.1. The number of aldehydes is 1. The molecule has 14 heavy (non-hydrogen) atoms. The largest absolute Gasteiger partial charge is 0.444 e. The van der Waals surface area contributed by atoms with Crippen molar-refractivity contribution in [1.29, 1.82) is 0 Å². The van der Waals surface area contributed by atoms with Crippen LogP contribution in [0.25, 0.3) is 0 Å². The highest BCUT2D eigenvalue weighted by Crippen LogP contribution is 2.06. The number of Topliss-reactive ketones (excluding diaryl/α,β-unsaturated/α-hetero) is 1. The number of alkyl carbamates (subject to hydrolysis) is 1. The summed E-state index contributed by atoms with van der Waals surface area (Å²) in [5.41, 5.74) is -0.617. The average molecular weight is 201 g/mol. The predicted molar refractivity (Wildman–Crippen MR) is 49.9 cm³/mol. The summed E-state index contributed by atoms with van der Waals surface area (Å²) in [6, 6.07) is -0.845. The van der Waals surface area contributed by atoms with Gasteiger partial charge in [0.25, 0.3) is 0 Å². The summed E-state index contributed by atoms with van der Waals surface area (Å²) in [5, 5.41) is 2.25. The first-order valence-electron chi connectivity index (χ1n) is 4.25. The van der Waals surface area contributed by atoms with Crippen LogP contribution >= 0.6 is 0 Å². The van der Waals surface area contributed by atoms with Gasteiger partial charge in [0.05, 0.1) is 6.04 Å². The predicted octanol–water partition coefficient (Wildman–Crippen LogP) is 0.668. The lowest BCUT2D eigenvalue weighted by molar-refractivity contribution is -0.130. The molecule has 0 unspecified atom stereocenters. The molecule has 0 aromatic heterocycles. The highest BCUT2D eigenvalue weighted by atomic mass is 16.6. The highest BCUT2D eigenvalue weighted by Gasteiger charge is 2.20. The van der Waals surface area contributed by atoms with Gasteiger partial charge in [-0.2, -0.15) is 0 Å². The van der Waals surface area contributed by atoms with Crippen LogP contribution in [0.5, 0.6) is 0 Å². The minimum Gasteiger partial charge on any atom is -0.444 e. The standard InChI is InChI=1S/C9H15NO4/c1-6(7(12)5-11)10-8(13)14-9(2,3)4/h5-6H,1-4H3,(H,10,13)/t6-/m0/s1. The Morgan fingerprint density at radius 2 is 1.86 bits per heavy atom. The van der Waals surface area contributed by atoms with E-state index in [4.69, 9.17) is 4.74 Å². The Bertz CT molecular complexity index is 242. The molecule has 80 valence electrons. The number of ketones is 1. The minimum absolute atomic E-state index is 0.169. The summed E-state index contributed by atoms with van der Waals surface area (Å²) < 4.78 is 4.88. The Balaban J connectivity index is 4.07. The zero-order valence-corrected chi connectivity index (χ0v) is 8.79. The summed E-state index contributed by atoms with van der Waals surface area (Å²) in [6.45, 7) is 6.54. The third kappa shape index (κ3) is 5.29. The lowest BCUT2D eigenvalue weighted by Gasteiger charge is -2.20. The molecule has 0 aliphatic rings. The number of rotatable bonds is 3. The van der Waals surface area contributed by atoms with Crippen LogP contribution in [0, 0.1) is 0 Å². The van der Waals surface area contributed by atoms with Crippen LogP contribution in [0.4, 0.5) is 4.79 Å². The van der Waals surface area contributed by atoms with Gasteiger partial charge < -0.3 is 10.1 Å². The van der Waals surface area contributed by atoms with Crippen molar-refractivity contribution < 1.29 is 19.1 Å². The van der Waals surface area contributed by atoms with E-state index in [2.05, 4.69) is 5.32 Å². The summed E-state index contributed by atoms with van der Waals surface area (Å²) in [7, 11) is 0. The van der Waals surface area contributed by atoms with Gasteiger partial charge in [-0.05, 0) is 27.7 Å². The first kappa shape index (κ1) is 12.6. The number of amides is 1. The molecule has 1 amide bonds. The molecule has 0 fully saturated rings. The summed E-state index contributed by atoms with van der Waals surface area (Å²) >= 11 is 0. The topological polar surface area (TPSA) is 72.5 Å². The van der Waals surface area contributed by atoms with Gasteiger partial charge >= 0.3 is 6.09 Å². The SMILES string of the molecule is C[C@H](NC(=O)OC(C)(C)C)C(=O)C=O. The van der Waals surface area contributed by atoms with Crippen LogP contribution in [0.3, 0.4) is 0 Å². The van der Waals surface area contributed by atoms with Crippen molar-refractivity contribution in [3.63, 3.8) is 0 Å². The van der Waals surface area contributed by atoms with Gasteiger partial charge in [-0.3, -0.25) is 9.59 Å². The van der Waals surface area contributed by atoms with E-state index in [1.54, 1.807) is 20.8 Å². The molecule has 0 heterocycles. The molecule has 0 saturated heterocycles. The summed E-state index contributed by atoms with van der Waals surface area (Å²) in [4.78, 5) is 31.9. The number of hydrogen-bond donors (Lipinski definition) is 1. The van der Waals surface area contributed by atoms with Crippen molar-refractivity contribution in [1.82, 2.24) is 5.32 Å². The lowest BCUT2D eigenvalue weighted by Crippen LogP contribution is -2.42. The first-order valence-corrected chi connectivity index (χ1v) is 4.25. The molecule has 0 radical (unpaired) electrons. The molecular formula is C9H15NO4. The molecule has 0 aliphatic carbocycles. The van der Waals surface area contributed by atoms with Crippen molar-refractivity contribution in [3.05, 3.63) is 0 Å². The molecule has 5 nitrogen and oxygen atoms in total. The smallest absolute Gasteiger partial charge is 0.408 e. The van der Waals surface area contributed by atoms with Gasteiger partial charge in [0.1, 0.15) is 5.60 Å². The number of carbonyl (C=O) groups excluding carboxylic acids is 3. The van der Waals surface area contributed by atoms with Gasteiger partial charge in [-0.25, -0.2) is 4.79 Å². The van der Waals surface area contributed by atoms with E-state index in [1.807, 2.05) is 0 Å². The molecule has 1 atom stereocenters. The molecule has 0 rings (SSSR count). The Morgan fingerprint density at radius 3 is 2.21 bits per heavy atom. The van der Waals surface area contributed by atoms with Crippen LogP contribution in [0.1, 0.15) is 27.7 Å². The molecule has 0 bridgehead atoms. The van der Waals surface area contributed by atoms with E-state index in [-0.39, 0.29) is 6.29 Å². The fourth-order valence-electron chi connectivity index (χ4n) is 0.658. The molecule has 0 aliphatic heterocycles. The fourth-order valence-corrected chi connectivity index (χ4v) is 0.658. The van der Waals surface area contributed by atoms with Gasteiger partial charge in [0, 0.05) is 0 Å². The van der Waals surface area contributed by atoms with Gasteiger partial charge in [0.15, 0.2) is 6.29 Å². The maximum Gasteiger partial charge on any atom is 0.408 e. The Morgan fingerprint density at radius 1 is 1.36 bits per heavy atom. The molecule has 5 heteroatoms. The third-order valence-corrected chi connectivity index (χ3v) is 1.28. The number of ether oxygens (including phenoxy) is 1. The average Bonchev–Trinajstić information content (AvgIpc) is 1.99. The highest BCUT2D eigenvalue weighted by molar-refractivity contribution is 6.27. The zero-order valence-electron chi connectivity index (χ0n) is 8.79. The van der Waals surface area contributed by atoms with Crippen molar-refractivity contribution in [3.8, 4) is 0 Å². The Labute approximate surface area is 82.8 Å². The number of carbonyl (C=O) groups is 3. The van der Waals surface area contributed by atoms with Gasteiger partial charge in [0.2, 0.25) is 5.78 Å². The van der Waals surface area contributed by atoms with E-state index < -0.39 is 23.5 Å². The van der Waals surface area contributed by atoms with Gasteiger partial charge in [-0.15, -0.1) is 0 Å². The third-order valence-electron chi connectivity index (χ3n) is 1.28. The number of hydrogen-bond acceptors (Lipinski definition) is 4. The lowest BCUT2D eigenvalue weighted by atomic mass is 10.2. The van der Waals surface area contributed by atoms with E-state index in [1.165, 1.54) is 6.92 Å². The molecule has 0 spiro atoms. The molecule has 1 N–H and O–H groups in total. The first-order chi connectivity index (χ1) is 6.26. The van der Waals surface area contributed by atoms with E-state index >= 15 is 0 Å². The Kier molecular flexibility index (Phi) is 4.27. The van der Waals surface area contributed by atoms with Crippen molar-refractivity contribution in [2.75, 3.05) is 0 Å². The summed E-state index contributed by atoms with van der Waals surface area (Å²) in [6.07, 6.45) is -0.539. The Hall–Kier alpha value is -1.39. The summed E-state index contributed by atoms with van der Waals surface area (Å²) in [5.74, 6) is -0.684. The monoisotopic (exact) mass is 201 g/mol. The van der Waals surface area contributed by atoms with Crippen LogP contribution in [-0.2, 0) is 14.3 Å². The van der Waals surface area contributed by atoms with Crippen LogP contribution in [0.2, 0.25) is 0 Å². The quantitative estimate of drug-likeness (QED) is 0.538. The molecular weight excluding hydrogens is 186 g/mol. The van der Waals surface area contributed by atoms with Crippen molar-refractivity contribution in [2.24, 2.45) is 0 Å². The van der Waals surface area contributed by atoms with E-state index in [0.717, 1.165) is 0 Å². The number of nitrogens with one attached hydrogen (secondary N) is 1.